The molecule has 0 saturated carbocycles. The summed E-state index contributed by atoms with van der Waals surface area (Å²) in [7, 11) is 0. The molecule has 3 heteroatoms. The molecule has 0 bridgehead atoms. The van der Waals surface area contributed by atoms with E-state index in [4.69, 9.17) is 5.73 Å². The van der Waals surface area contributed by atoms with Crippen LogP contribution in [0.2, 0.25) is 0 Å². The van der Waals surface area contributed by atoms with Gasteiger partial charge in [-0.3, -0.25) is 4.68 Å². The molecule has 0 amide bonds. The molecule has 0 unspecified atom stereocenters. The van der Waals surface area contributed by atoms with Crippen molar-refractivity contribution >= 4 is 0 Å². The van der Waals surface area contributed by atoms with Crippen molar-refractivity contribution in [3.63, 3.8) is 0 Å². The van der Waals surface area contributed by atoms with Crippen LogP contribution in [-0.2, 0) is 6.42 Å². The van der Waals surface area contributed by atoms with Crippen molar-refractivity contribution in [2.45, 2.75) is 71.4 Å². The number of hydrogen-bond donors (Lipinski definition) is 1. The van der Waals surface area contributed by atoms with E-state index in [0.717, 1.165) is 37.8 Å². The summed E-state index contributed by atoms with van der Waals surface area (Å²) < 4.78 is 2.10. The van der Waals surface area contributed by atoms with E-state index in [-0.39, 0.29) is 5.54 Å². The summed E-state index contributed by atoms with van der Waals surface area (Å²) in [6.07, 6.45) is 7.24. The molecule has 0 aliphatic carbocycles. The molecule has 1 heterocycles. The van der Waals surface area contributed by atoms with Gasteiger partial charge in [-0.25, -0.2) is 0 Å². The largest absolute Gasteiger partial charge is 0.325 e. The summed E-state index contributed by atoms with van der Waals surface area (Å²) in [4.78, 5) is 0. The maximum absolute atomic E-state index is 6.33. The minimum atomic E-state index is -0.0902. The maximum atomic E-state index is 6.33. The summed E-state index contributed by atoms with van der Waals surface area (Å²) in [5.41, 5.74) is 7.37. The molecule has 2 N–H and O–H groups in total. The van der Waals surface area contributed by atoms with Crippen molar-refractivity contribution < 1.29 is 0 Å². The molecule has 0 aliphatic rings. The van der Waals surface area contributed by atoms with E-state index in [1.54, 1.807) is 0 Å². The third kappa shape index (κ3) is 3.56. The molecule has 0 atom stereocenters. The predicted octanol–water partition coefficient (Wildman–Crippen LogP) is 3.30. The Hall–Kier alpha value is -0.830. The normalized spacial score (nSPS) is 12.4. The lowest BCUT2D eigenvalue weighted by Crippen LogP contribution is -2.40. The number of nitrogens with two attached hydrogens (primary N) is 1. The Labute approximate surface area is 105 Å². The molecule has 0 aromatic carbocycles. The van der Waals surface area contributed by atoms with E-state index in [0.29, 0.717) is 6.04 Å². The number of hydrogen-bond acceptors (Lipinski definition) is 2. The first-order valence-corrected chi connectivity index (χ1v) is 6.91. The van der Waals surface area contributed by atoms with E-state index in [2.05, 4.69) is 49.7 Å². The van der Waals surface area contributed by atoms with Gasteiger partial charge in [0.2, 0.25) is 0 Å². The first kappa shape index (κ1) is 14.2. The van der Waals surface area contributed by atoms with Crippen LogP contribution in [0.4, 0.5) is 0 Å². The fraction of sp³-hybridized carbons (Fsp3) is 0.786. The molecule has 1 aromatic rings. The molecular formula is C14H27N3. The highest BCUT2D eigenvalue weighted by Gasteiger charge is 2.22. The van der Waals surface area contributed by atoms with Gasteiger partial charge in [-0.05, 0) is 31.7 Å². The van der Waals surface area contributed by atoms with Crippen molar-refractivity contribution in [2.75, 3.05) is 0 Å². The molecule has 0 saturated heterocycles. The van der Waals surface area contributed by atoms with Crippen LogP contribution in [0.15, 0.2) is 12.3 Å². The monoisotopic (exact) mass is 237 g/mol. The molecule has 0 aliphatic heterocycles. The third-order valence-corrected chi connectivity index (χ3v) is 3.92. The van der Waals surface area contributed by atoms with E-state index >= 15 is 0 Å². The van der Waals surface area contributed by atoms with E-state index in [9.17, 15) is 0 Å². The highest BCUT2D eigenvalue weighted by atomic mass is 15.3. The second kappa shape index (κ2) is 6.20. The molecule has 17 heavy (non-hydrogen) atoms. The lowest BCUT2D eigenvalue weighted by Gasteiger charge is -2.25. The first-order chi connectivity index (χ1) is 8.08. The summed E-state index contributed by atoms with van der Waals surface area (Å²) in [6.45, 7) is 8.73. The fourth-order valence-electron chi connectivity index (χ4n) is 2.20. The number of aromatic nitrogens is 2. The van der Waals surface area contributed by atoms with Gasteiger partial charge >= 0.3 is 0 Å². The Kier molecular flexibility index (Phi) is 5.19. The topological polar surface area (TPSA) is 43.8 Å². The zero-order valence-electron chi connectivity index (χ0n) is 11.7. The molecule has 3 nitrogen and oxygen atoms in total. The Bertz CT molecular complexity index is 322. The van der Waals surface area contributed by atoms with Crippen LogP contribution in [0.5, 0.6) is 0 Å². The van der Waals surface area contributed by atoms with Gasteiger partial charge in [0.15, 0.2) is 0 Å². The summed E-state index contributed by atoms with van der Waals surface area (Å²) in [6, 6.07) is 2.64. The highest BCUT2D eigenvalue weighted by molar-refractivity contribution is 5.05. The fourth-order valence-corrected chi connectivity index (χ4v) is 2.20. The Morgan fingerprint density at radius 2 is 1.82 bits per heavy atom. The smallest absolute Gasteiger partial charge is 0.0643 e. The second-order valence-electron chi connectivity index (χ2n) is 5.00. The Morgan fingerprint density at radius 1 is 1.24 bits per heavy atom. The van der Waals surface area contributed by atoms with Gasteiger partial charge in [-0.1, -0.05) is 27.7 Å². The van der Waals surface area contributed by atoms with Gasteiger partial charge in [0.1, 0.15) is 0 Å². The SMILES string of the molecule is CCC(CC)n1ccc(CC(N)(CC)CC)n1. The van der Waals surface area contributed by atoms with Crippen LogP contribution in [-0.4, -0.2) is 15.3 Å². The predicted molar refractivity (Wildman–Crippen MR) is 73.1 cm³/mol. The van der Waals surface area contributed by atoms with Gasteiger partial charge in [0.05, 0.1) is 11.7 Å². The van der Waals surface area contributed by atoms with Crippen LogP contribution in [0, 0.1) is 0 Å². The molecule has 0 radical (unpaired) electrons. The van der Waals surface area contributed by atoms with Crippen molar-refractivity contribution in [3.05, 3.63) is 18.0 Å². The molecule has 1 rings (SSSR count). The average Bonchev–Trinajstić information content (AvgIpc) is 2.79. The molecule has 1 aromatic heterocycles. The van der Waals surface area contributed by atoms with Gasteiger partial charge in [0, 0.05) is 18.2 Å². The van der Waals surface area contributed by atoms with Crippen LogP contribution < -0.4 is 5.73 Å². The standard InChI is InChI=1S/C14H27N3/c1-5-13(6-2)17-10-9-12(16-17)11-14(15,7-3)8-4/h9-10,13H,5-8,11,15H2,1-4H3. The van der Waals surface area contributed by atoms with Crippen molar-refractivity contribution in [2.24, 2.45) is 5.73 Å². The van der Waals surface area contributed by atoms with Gasteiger partial charge in [-0.2, -0.15) is 5.10 Å². The van der Waals surface area contributed by atoms with Crippen LogP contribution in [0.1, 0.15) is 65.1 Å². The Morgan fingerprint density at radius 3 is 2.29 bits per heavy atom. The number of nitrogens with zero attached hydrogens (tertiary/aromatic N) is 2. The molecule has 0 fully saturated rings. The zero-order valence-corrected chi connectivity index (χ0v) is 11.7. The number of rotatable bonds is 7. The highest BCUT2D eigenvalue weighted by Crippen LogP contribution is 2.19. The molecular weight excluding hydrogens is 210 g/mol. The van der Waals surface area contributed by atoms with E-state index in [1.807, 2.05) is 0 Å². The summed E-state index contributed by atoms with van der Waals surface area (Å²) in [5, 5.41) is 4.67. The molecule has 0 spiro atoms. The molecule has 98 valence electrons. The Balaban J connectivity index is 2.74. The first-order valence-electron chi connectivity index (χ1n) is 6.91. The minimum Gasteiger partial charge on any atom is -0.325 e. The van der Waals surface area contributed by atoms with Gasteiger partial charge in [-0.15, -0.1) is 0 Å². The van der Waals surface area contributed by atoms with Crippen LogP contribution in [0.25, 0.3) is 0 Å². The maximum Gasteiger partial charge on any atom is 0.0643 e. The van der Waals surface area contributed by atoms with Crippen LogP contribution in [0.3, 0.4) is 0 Å². The van der Waals surface area contributed by atoms with Gasteiger partial charge in [0.25, 0.3) is 0 Å². The average molecular weight is 237 g/mol. The van der Waals surface area contributed by atoms with Crippen molar-refractivity contribution in [3.8, 4) is 0 Å². The van der Waals surface area contributed by atoms with Crippen LogP contribution >= 0.6 is 0 Å². The summed E-state index contributed by atoms with van der Waals surface area (Å²) >= 11 is 0. The van der Waals surface area contributed by atoms with E-state index < -0.39 is 0 Å². The van der Waals surface area contributed by atoms with Gasteiger partial charge < -0.3 is 5.73 Å². The van der Waals surface area contributed by atoms with Crippen molar-refractivity contribution in [1.82, 2.24) is 9.78 Å². The summed E-state index contributed by atoms with van der Waals surface area (Å²) in [5.74, 6) is 0. The quantitative estimate of drug-likeness (QED) is 0.790. The third-order valence-electron chi connectivity index (χ3n) is 3.92. The van der Waals surface area contributed by atoms with E-state index in [1.165, 1.54) is 0 Å². The lowest BCUT2D eigenvalue weighted by atomic mass is 9.89. The van der Waals surface area contributed by atoms with Crippen molar-refractivity contribution in [1.29, 1.82) is 0 Å². The second-order valence-corrected chi connectivity index (χ2v) is 5.00. The lowest BCUT2D eigenvalue weighted by molar-refractivity contribution is 0.380. The zero-order chi connectivity index (χ0) is 12.9. The minimum absolute atomic E-state index is 0.0902.